The molecule has 0 unspecified atom stereocenters. The highest BCUT2D eigenvalue weighted by atomic mass is 16.7. The van der Waals surface area contributed by atoms with Crippen LogP contribution in [0.2, 0.25) is 0 Å². The summed E-state index contributed by atoms with van der Waals surface area (Å²) in [5, 5.41) is 1.57. The lowest BCUT2D eigenvalue weighted by Crippen LogP contribution is -2.61. The van der Waals surface area contributed by atoms with Crippen LogP contribution in [0.25, 0.3) is 0 Å². The van der Waals surface area contributed by atoms with Gasteiger partial charge in [0.1, 0.15) is 6.61 Å². The fourth-order valence-electron chi connectivity index (χ4n) is 2.95. The molecule has 0 saturated carbocycles. The van der Waals surface area contributed by atoms with E-state index in [-0.39, 0.29) is 11.3 Å². The van der Waals surface area contributed by atoms with E-state index in [2.05, 4.69) is 13.8 Å². The zero-order valence-corrected chi connectivity index (χ0v) is 13.3. The summed E-state index contributed by atoms with van der Waals surface area (Å²) in [5.74, 6) is 0.195. The Labute approximate surface area is 128 Å². The van der Waals surface area contributed by atoms with Crippen molar-refractivity contribution in [3.63, 3.8) is 0 Å². The van der Waals surface area contributed by atoms with E-state index in [0.717, 1.165) is 50.6 Å². The van der Waals surface area contributed by atoms with Gasteiger partial charge in [-0.3, -0.25) is 9.63 Å². The fraction of sp³-hybridized carbons (Fsp3) is 0.611. The van der Waals surface area contributed by atoms with Crippen LogP contribution < -0.4 is 0 Å². The Hall–Kier alpha value is -1.35. The Morgan fingerprint density at radius 1 is 1.10 bits per heavy atom. The fourth-order valence-corrected chi connectivity index (χ4v) is 2.95. The van der Waals surface area contributed by atoms with Gasteiger partial charge in [0.25, 0.3) is 5.91 Å². The van der Waals surface area contributed by atoms with E-state index in [0.29, 0.717) is 6.61 Å². The molecule has 0 radical (unpaired) electrons. The largest absolute Gasteiger partial charge is 0.272 e. The molecule has 1 aromatic carbocycles. The number of nitrogens with zero attached hydrogens (tertiary/aromatic N) is 1. The number of rotatable bonds is 9. The van der Waals surface area contributed by atoms with E-state index in [1.165, 1.54) is 0 Å². The molecule has 3 heteroatoms. The van der Waals surface area contributed by atoms with Gasteiger partial charge in [-0.05, 0) is 18.4 Å². The van der Waals surface area contributed by atoms with Crippen LogP contribution in [0.5, 0.6) is 0 Å². The van der Waals surface area contributed by atoms with Gasteiger partial charge in [-0.2, -0.15) is 0 Å². The predicted octanol–water partition coefficient (Wildman–Crippen LogP) is 4.33. The third-order valence-corrected chi connectivity index (χ3v) is 4.37. The van der Waals surface area contributed by atoms with Crippen molar-refractivity contribution >= 4 is 5.91 Å². The summed E-state index contributed by atoms with van der Waals surface area (Å²) in [6, 6.07) is 10.0. The first-order chi connectivity index (χ1) is 10.2. The summed E-state index contributed by atoms with van der Waals surface area (Å²) in [5.41, 5.74) is 0.966. The Morgan fingerprint density at radius 3 is 2.24 bits per heavy atom. The lowest BCUT2D eigenvalue weighted by atomic mass is 9.72. The first kappa shape index (κ1) is 16.0. The van der Waals surface area contributed by atoms with Gasteiger partial charge in [-0.15, -0.1) is 0 Å². The number of carbonyl (C=O) groups excluding carboxylic acids is 1. The van der Waals surface area contributed by atoms with E-state index in [9.17, 15) is 4.79 Å². The van der Waals surface area contributed by atoms with Crippen molar-refractivity contribution in [1.29, 1.82) is 0 Å². The van der Waals surface area contributed by atoms with E-state index >= 15 is 0 Å². The summed E-state index contributed by atoms with van der Waals surface area (Å²) < 4.78 is 0. The molecule has 1 heterocycles. The molecule has 0 atom stereocenters. The van der Waals surface area contributed by atoms with Crippen molar-refractivity contribution in [3.05, 3.63) is 35.9 Å². The van der Waals surface area contributed by atoms with Crippen LogP contribution in [-0.2, 0) is 16.2 Å². The zero-order chi connectivity index (χ0) is 15.1. The van der Waals surface area contributed by atoms with Crippen molar-refractivity contribution < 1.29 is 9.63 Å². The van der Waals surface area contributed by atoms with Crippen LogP contribution in [0.3, 0.4) is 0 Å². The van der Waals surface area contributed by atoms with Crippen LogP contribution >= 0.6 is 0 Å². The van der Waals surface area contributed by atoms with Gasteiger partial charge in [-0.25, -0.2) is 5.06 Å². The molecule has 1 aromatic rings. The smallest absolute Gasteiger partial charge is 0.254 e. The first-order valence-electron chi connectivity index (χ1n) is 8.20. The van der Waals surface area contributed by atoms with Crippen LogP contribution in [0.1, 0.15) is 57.9 Å². The molecule has 116 valence electrons. The molecule has 0 bridgehead atoms. The van der Waals surface area contributed by atoms with Crippen molar-refractivity contribution in [1.82, 2.24) is 5.06 Å². The summed E-state index contributed by atoms with van der Waals surface area (Å²) >= 11 is 0. The number of hydrogen-bond donors (Lipinski definition) is 0. The van der Waals surface area contributed by atoms with Gasteiger partial charge in [-0.1, -0.05) is 69.9 Å². The minimum absolute atomic E-state index is 0.136. The summed E-state index contributed by atoms with van der Waals surface area (Å²) in [4.78, 5) is 18.2. The Bertz CT molecular complexity index is 436. The number of hydrogen-bond acceptors (Lipinski definition) is 2. The maximum atomic E-state index is 12.5. The molecule has 0 aromatic heterocycles. The summed E-state index contributed by atoms with van der Waals surface area (Å²) in [7, 11) is 0. The summed E-state index contributed by atoms with van der Waals surface area (Å²) in [6.07, 6.45) is 6.56. The lowest BCUT2D eigenvalue weighted by molar-refractivity contribution is -0.245. The van der Waals surface area contributed by atoms with E-state index in [1.807, 2.05) is 30.3 Å². The normalized spacial score (nSPS) is 16.9. The molecule has 1 amide bonds. The summed E-state index contributed by atoms with van der Waals surface area (Å²) in [6.45, 7) is 5.60. The van der Waals surface area contributed by atoms with E-state index < -0.39 is 0 Å². The highest BCUT2D eigenvalue weighted by Crippen LogP contribution is 2.42. The molecular formula is C18H27NO2. The average molecular weight is 289 g/mol. The Kier molecular flexibility index (Phi) is 5.80. The highest BCUT2D eigenvalue weighted by Gasteiger charge is 2.51. The van der Waals surface area contributed by atoms with Gasteiger partial charge in [0, 0.05) is 0 Å². The number of benzene rings is 1. The molecule has 1 aliphatic rings. The molecule has 0 N–H and O–H groups in total. The minimum Gasteiger partial charge on any atom is -0.272 e. The van der Waals surface area contributed by atoms with Crippen molar-refractivity contribution in [2.24, 2.45) is 5.41 Å². The highest BCUT2D eigenvalue weighted by molar-refractivity contribution is 5.87. The molecule has 1 aliphatic heterocycles. The Balaban J connectivity index is 1.86. The number of unbranched alkanes of at least 4 members (excludes halogenated alkanes) is 2. The van der Waals surface area contributed by atoms with Crippen LogP contribution in [0, 0.1) is 5.41 Å². The number of β-lactam (4-membered cyclic amide) rings is 1. The van der Waals surface area contributed by atoms with Crippen LogP contribution in [0.15, 0.2) is 30.3 Å². The lowest BCUT2D eigenvalue weighted by Gasteiger charge is -2.48. The quantitative estimate of drug-likeness (QED) is 0.633. The molecule has 3 nitrogen and oxygen atoms in total. The van der Waals surface area contributed by atoms with Crippen LogP contribution in [-0.4, -0.2) is 17.5 Å². The number of hydroxylamine groups is 2. The second-order valence-electron chi connectivity index (χ2n) is 6.09. The maximum absolute atomic E-state index is 12.5. The van der Waals surface area contributed by atoms with Gasteiger partial charge in [0.15, 0.2) is 0 Å². The topological polar surface area (TPSA) is 29.5 Å². The SMILES string of the molecule is CCCCC1(CCCC)CN(OCc2ccccc2)C1=O. The van der Waals surface area contributed by atoms with E-state index in [4.69, 9.17) is 4.84 Å². The second kappa shape index (κ2) is 7.60. The van der Waals surface area contributed by atoms with Gasteiger partial charge >= 0.3 is 0 Å². The average Bonchev–Trinajstić information content (AvgIpc) is 2.53. The maximum Gasteiger partial charge on any atom is 0.254 e. The zero-order valence-electron chi connectivity index (χ0n) is 13.3. The standard InChI is InChI=1S/C18H27NO2/c1-3-5-12-18(13-6-4-2)15-19(17(18)20)21-14-16-10-8-7-9-11-16/h7-11H,3-6,12-15H2,1-2H3. The first-order valence-corrected chi connectivity index (χ1v) is 8.20. The number of carbonyl (C=O) groups is 1. The molecule has 0 spiro atoms. The molecule has 1 fully saturated rings. The number of amides is 1. The van der Waals surface area contributed by atoms with Crippen molar-refractivity contribution in [2.75, 3.05) is 6.54 Å². The minimum atomic E-state index is -0.136. The third kappa shape index (κ3) is 3.85. The second-order valence-corrected chi connectivity index (χ2v) is 6.09. The van der Waals surface area contributed by atoms with Crippen LogP contribution in [0.4, 0.5) is 0 Å². The van der Waals surface area contributed by atoms with Crippen molar-refractivity contribution in [3.8, 4) is 0 Å². The Morgan fingerprint density at radius 2 is 1.71 bits per heavy atom. The monoisotopic (exact) mass is 289 g/mol. The van der Waals surface area contributed by atoms with Crippen molar-refractivity contribution in [2.45, 2.75) is 59.0 Å². The van der Waals surface area contributed by atoms with E-state index in [1.54, 1.807) is 5.06 Å². The molecular weight excluding hydrogens is 262 g/mol. The molecule has 2 rings (SSSR count). The van der Waals surface area contributed by atoms with Gasteiger partial charge in [0.2, 0.25) is 0 Å². The molecule has 0 aliphatic carbocycles. The third-order valence-electron chi connectivity index (χ3n) is 4.37. The van der Waals surface area contributed by atoms with Gasteiger partial charge < -0.3 is 0 Å². The molecule has 21 heavy (non-hydrogen) atoms. The predicted molar refractivity (Wildman–Crippen MR) is 84.4 cm³/mol. The van der Waals surface area contributed by atoms with Gasteiger partial charge in [0.05, 0.1) is 12.0 Å². The molecule has 1 saturated heterocycles.